The van der Waals surface area contributed by atoms with Crippen molar-refractivity contribution in [1.29, 1.82) is 0 Å². The Morgan fingerprint density at radius 2 is 2.05 bits per heavy atom. The zero-order chi connectivity index (χ0) is 14.2. The van der Waals surface area contributed by atoms with E-state index < -0.39 is 10.0 Å². The van der Waals surface area contributed by atoms with Crippen LogP contribution in [0.4, 0.5) is 0 Å². The Kier molecular flexibility index (Phi) is 3.42. The lowest BCUT2D eigenvalue weighted by molar-refractivity contribution is 0.559. The summed E-state index contributed by atoms with van der Waals surface area (Å²) in [4.78, 5) is 0. The molecule has 0 aliphatic carbocycles. The van der Waals surface area contributed by atoms with Crippen LogP contribution in [0, 0.1) is 6.92 Å². The maximum atomic E-state index is 11.5. The molecule has 0 atom stereocenters. The molecule has 0 spiro atoms. The Labute approximate surface area is 111 Å². The zero-order valence-electron chi connectivity index (χ0n) is 11.0. The summed E-state index contributed by atoms with van der Waals surface area (Å²) in [5, 5.41) is 16.8. The number of hydrogen-bond acceptors (Lipinski definition) is 5. The van der Waals surface area contributed by atoms with Crippen LogP contribution >= 0.6 is 0 Å². The molecular weight excluding hydrogens is 268 g/mol. The van der Waals surface area contributed by atoms with Crippen molar-refractivity contribution in [3.63, 3.8) is 0 Å². The number of sulfonamides is 1. The first-order chi connectivity index (χ1) is 8.84. The normalized spacial score (nSPS) is 12.0. The molecule has 2 heterocycles. The molecular formula is C10H16N6O2S. The quantitative estimate of drug-likeness (QED) is 0.853. The largest absolute Gasteiger partial charge is 0.297 e. The molecule has 2 aromatic rings. The van der Waals surface area contributed by atoms with E-state index in [2.05, 4.69) is 15.3 Å². The first-order valence-corrected chi connectivity index (χ1v) is 7.35. The second kappa shape index (κ2) is 4.74. The minimum absolute atomic E-state index is 0.215. The van der Waals surface area contributed by atoms with Gasteiger partial charge in [-0.2, -0.15) is 5.10 Å². The number of nitrogens with zero attached hydrogens (tertiary/aromatic N) is 5. The maximum Gasteiger partial charge on any atom is 0.273 e. The van der Waals surface area contributed by atoms with Crippen molar-refractivity contribution >= 4 is 10.0 Å². The van der Waals surface area contributed by atoms with E-state index in [1.54, 1.807) is 17.9 Å². The van der Waals surface area contributed by atoms with Gasteiger partial charge in [0.2, 0.25) is 0 Å². The van der Waals surface area contributed by atoms with Crippen molar-refractivity contribution in [1.82, 2.24) is 24.5 Å². The number of rotatable bonds is 4. The molecule has 104 valence electrons. The Morgan fingerprint density at radius 3 is 2.53 bits per heavy atom. The van der Waals surface area contributed by atoms with Gasteiger partial charge in [0.25, 0.3) is 15.2 Å². The summed E-state index contributed by atoms with van der Waals surface area (Å²) in [6, 6.07) is 0. The summed E-state index contributed by atoms with van der Waals surface area (Å²) in [5.41, 5.74) is 1.51. The first kappa shape index (κ1) is 13.7. The molecule has 0 aliphatic heterocycles. The van der Waals surface area contributed by atoms with Gasteiger partial charge in [-0.25, -0.2) is 13.6 Å². The van der Waals surface area contributed by atoms with E-state index in [0.717, 1.165) is 17.7 Å². The van der Waals surface area contributed by atoms with Crippen LogP contribution in [-0.2, 0) is 23.6 Å². The molecule has 9 heteroatoms. The molecule has 19 heavy (non-hydrogen) atoms. The van der Waals surface area contributed by atoms with Crippen LogP contribution in [-0.4, -0.2) is 33.0 Å². The molecule has 8 nitrogen and oxygen atoms in total. The van der Waals surface area contributed by atoms with Gasteiger partial charge >= 0.3 is 0 Å². The van der Waals surface area contributed by atoms with Gasteiger partial charge in [-0.3, -0.25) is 9.25 Å². The van der Waals surface area contributed by atoms with E-state index in [9.17, 15) is 8.42 Å². The molecule has 0 bridgehead atoms. The highest BCUT2D eigenvalue weighted by molar-refractivity contribution is 7.89. The topological polar surface area (TPSA) is 109 Å². The van der Waals surface area contributed by atoms with Gasteiger partial charge in [0.1, 0.15) is 0 Å². The number of primary sulfonamides is 1. The van der Waals surface area contributed by atoms with Crippen molar-refractivity contribution in [2.24, 2.45) is 12.2 Å². The highest BCUT2D eigenvalue weighted by Crippen LogP contribution is 2.22. The summed E-state index contributed by atoms with van der Waals surface area (Å²) in [7, 11) is -2.10. The SMILES string of the molecule is CCCn1c(-c2cn(C)nc2C)nnc1S(N)(=O)=O. The lowest BCUT2D eigenvalue weighted by atomic mass is 10.2. The zero-order valence-corrected chi connectivity index (χ0v) is 11.8. The van der Waals surface area contributed by atoms with E-state index >= 15 is 0 Å². The van der Waals surface area contributed by atoms with E-state index in [4.69, 9.17) is 5.14 Å². The van der Waals surface area contributed by atoms with Crippen molar-refractivity contribution in [3.8, 4) is 11.4 Å². The summed E-state index contributed by atoms with van der Waals surface area (Å²) >= 11 is 0. The number of aryl methyl sites for hydroxylation is 2. The fraction of sp³-hybridized carbons (Fsp3) is 0.500. The van der Waals surface area contributed by atoms with E-state index in [1.165, 1.54) is 4.57 Å². The summed E-state index contributed by atoms with van der Waals surface area (Å²) in [6.07, 6.45) is 2.52. The van der Waals surface area contributed by atoms with Crippen LogP contribution in [0.2, 0.25) is 0 Å². The molecule has 0 aromatic carbocycles. The third-order valence-corrected chi connectivity index (χ3v) is 3.48. The third-order valence-electron chi connectivity index (χ3n) is 2.67. The summed E-state index contributed by atoms with van der Waals surface area (Å²) < 4.78 is 26.2. The number of nitrogens with two attached hydrogens (primary N) is 1. The van der Waals surface area contributed by atoms with Crippen LogP contribution < -0.4 is 5.14 Å². The molecule has 0 saturated carbocycles. The second-order valence-corrected chi connectivity index (χ2v) is 5.76. The Balaban J connectivity index is 2.65. The average Bonchev–Trinajstić information content (AvgIpc) is 2.82. The number of hydrogen-bond donors (Lipinski definition) is 1. The van der Waals surface area contributed by atoms with Gasteiger partial charge in [-0.15, -0.1) is 10.2 Å². The minimum atomic E-state index is -3.89. The van der Waals surface area contributed by atoms with Gasteiger partial charge in [0.15, 0.2) is 5.82 Å². The lowest BCUT2D eigenvalue weighted by Gasteiger charge is -2.06. The fourth-order valence-corrected chi connectivity index (χ4v) is 2.58. The van der Waals surface area contributed by atoms with Gasteiger partial charge in [-0.05, 0) is 13.3 Å². The predicted molar refractivity (Wildman–Crippen MR) is 68.6 cm³/mol. The minimum Gasteiger partial charge on any atom is -0.297 e. The Bertz CT molecular complexity index is 700. The lowest BCUT2D eigenvalue weighted by Crippen LogP contribution is -2.19. The van der Waals surface area contributed by atoms with Crippen LogP contribution in [0.25, 0.3) is 11.4 Å². The summed E-state index contributed by atoms with van der Waals surface area (Å²) in [6.45, 7) is 4.24. The first-order valence-electron chi connectivity index (χ1n) is 5.81. The monoisotopic (exact) mass is 284 g/mol. The Morgan fingerprint density at radius 1 is 1.37 bits per heavy atom. The fourth-order valence-electron chi connectivity index (χ4n) is 1.94. The van der Waals surface area contributed by atoms with Crippen molar-refractivity contribution in [3.05, 3.63) is 11.9 Å². The molecule has 0 aliphatic rings. The van der Waals surface area contributed by atoms with E-state index in [0.29, 0.717) is 12.4 Å². The average molecular weight is 284 g/mol. The predicted octanol–water partition coefficient (Wildman–Crippen LogP) is 0.0444. The smallest absolute Gasteiger partial charge is 0.273 e. The maximum absolute atomic E-state index is 11.5. The van der Waals surface area contributed by atoms with Crippen molar-refractivity contribution < 1.29 is 8.42 Å². The van der Waals surface area contributed by atoms with Crippen LogP contribution in [0.1, 0.15) is 19.0 Å². The van der Waals surface area contributed by atoms with Crippen LogP contribution in [0.5, 0.6) is 0 Å². The van der Waals surface area contributed by atoms with Crippen molar-refractivity contribution in [2.45, 2.75) is 32.0 Å². The molecule has 2 aromatic heterocycles. The molecule has 0 saturated heterocycles. The third kappa shape index (κ3) is 2.51. The van der Waals surface area contributed by atoms with E-state index in [1.807, 2.05) is 13.8 Å². The molecule has 0 amide bonds. The molecule has 2 rings (SSSR count). The van der Waals surface area contributed by atoms with Gasteiger partial charge < -0.3 is 0 Å². The Hall–Kier alpha value is -1.74. The van der Waals surface area contributed by atoms with Gasteiger partial charge in [-0.1, -0.05) is 6.92 Å². The van der Waals surface area contributed by atoms with Gasteiger partial charge in [0.05, 0.1) is 11.3 Å². The standard InChI is InChI=1S/C10H16N6O2S/c1-4-5-16-9(8-6-15(3)14-7(8)2)12-13-10(16)19(11,17)18/h6H,4-5H2,1-3H3,(H2,11,17,18). The molecule has 0 radical (unpaired) electrons. The highest BCUT2D eigenvalue weighted by Gasteiger charge is 2.23. The van der Waals surface area contributed by atoms with Crippen LogP contribution in [0.15, 0.2) is 11.4 Å². The number of aromatic nitrogens is 5. The van der Waals surface area contributed by atoms with Crippen LogP contribution in [0.3, 0.4) is 0 Å². The molecule has 0 fully saturated rings. The second-order valence-electron chi connectivity index (χ2n) is 4.30. The van der Waals surface area contributed by atoms with E-state index in [-0.39, 0.29) is 5.16 Å². The molecule has 0 unspecified atom stereocenters. The van der Waals surface area contributed by atoms with Gasteiger partial charge in [0, 0.05) is 19.8 Å². The molecule has 2 N–H and O–H groups in total. The van der Waals surface area contributed by atoms with Crippen molar-refractivity contribution in [2.75, 3.05) is 0 Å². The highest BCUT2D eigenvalue weighted by atomic mass is 32.2. The summed E-state index contributed by atoms with van der Waals surface area (Å²) in [5.74, 6) is 0.469.